The van der Waals surface area contributed by atoms with Crippen molar-refractivity contribution in [3.63, 3.8) is 0 Å². The van der Waals surface area contributed by atoms with Gasteiger partial charge in [0.15, 0.2) is 6.17 Å². The highest BCUT2D eigenvalue weighted by molar-refractivity contribution is 6.18. The Kier molecular flexibility index (Phi) is 6.18. The van der Waals surface area contributed by atoms with Gasteiger partial charge < -0.3 is 9.73 Å². The Bertz CT molecular complexity index is 2810. The van der Waals surface area contributed by atoms with Gasteiger partial charge in [0.05, 0.1) is 5.39 Å². The Balaban J connectivity index is 1.16. The van der Waals surface area contributed by atoms with Crippen molar-refractivity contribution in [2.75, 3.05) is 0 Å². The fraction of sp³-hybridized carbons (Fsp3) is 0.0227. The predicted octanol–water partition coefficient (Wildman–Crippen LogP) is 10.6. The van der Waals surface area contributed by atoms with Gasteiger partial charge in [0.1, 0.15) is 17.3 Å². The molecule has 7 aromatic carbocycles. The largest absolute Gasteiger partial charge is 0.438 e. The predicted molar refractivity (Wildman–Crippen MR) is 201 cm³/mol. The van der Waals surface area contributed by atoms with Crippen molar-refractivity contribution >= 4 is 66.1 Å². The molecule has 1 N–H and O–H groups in total. The average Bonchev–Trinajstić information content (AvgIpc) is 3.54. The summed E-state index contributed by atoms with van der Waals surface area (Å²) in [6.07, 6.45) is 1.39. The number of hydrogen-bond acceptors (Lipinski definition) is 5. The van der Waals surface area contributed by atoms with Gasteiger partial charge in [0.25, 0.3) is 0 Å². The first-order valence-electron chi connectivity index (χ1n) is 16.5. The minimum atomic E-state index is -0.449. The number of furan rings is 1. The van der Waals surface area contributed by atoms with Gasteiger partial charge in [-0.1, -0.05) is 127 Å². The molecule has 0 fully saturated rings. The van der Waals surface area contributed by atoms with E-state index in [-0.39, 0.29) is 0 Å². The van der Waals surface area contributed by atoms with Gasteiger partial charge >= 0.3 is 0 Å². The third kappa shape index (κ3) is 4.59. The zero-order chi connectivity index (χ0) is 32.3. The Labute approximate surface area is 281 Å². The normalized spacial score (nSPS) is 14.7. The zero-order valence-corrected chi connectivity index (χ0v) is 26.3. The summed E-state index contributed by atoms with van der Waals surface area (Å²) in [6.45, 7) is 0. The fourth-order valence-corrected chi connectivity index (χ4v) is 7.21. The van der Waals surface area contributed by atoms with Crippen LogP contribution in [-0.4, -0.2) is 16.7 Å². The molecule has 5 nitrogen and oxygen atoms in total. The van der Waals surface area contributed by atoms with E-state index in [9.17, 15) is 0 Å². The van der Waals surface area contributed by atoms with E-state index in [0.717, 1.165) is 72.0 Å². The molecule has 0 radical (unpaired) electrons. The molecule has 3 heterocycles. The summed E-state index contributed by atoms with van der Waals surface area (Å²) < 4.78 is 6.33. The van der Waals surface area contributed by atoms with Crippen molar-refractivity contribution < 1.29 is 4.42 Å². The molecule has 230 valence electrons. The lowest BCUT2D eigenvalue weighted by Gasteiger charge is -2.24. The van der Waals surface area contributed by atoms with E-state index in [1.165, 1.54) is 16.2 Å². The van der Waals surface area contributed by atoms with Crippen LogP contribution in [0.15, 0.2) is 172 Å². The van der Waals surface area contributed by atoms with Crippen molar-refractivity contribution in [2.45, 2.75) is 6.17 Å². The molecule has 0 saturated carbocycles. The quantitative estimate of drug-likeness (QED) is 0.211. The molecular formula is C44H28N4O. The smallest absolute Gasteiger partial charge is 0.227 e. The van der Waals surface area contributed by atoms with Crippen LogP contribution in [0.1, 0.15) is 22.9 Å². The molecule has 1 aliphatic rings. The number of benzene rings is 7. The van der Waals surface area contributed by atoms with E-state index in [1.54, 1.807) is 0 Å². The van der Waals surface area contributed by atoms with Crippen LogP contribution in [-0.2, 0) is 0 Å². The van der Waals surface area contributed by atoms with Gasteiger partial charge in [0, 0.05) is 28.3 Å². The minimum Gasteiger partial charge on any atom is -0.438 e. The molecule has 1 aliphatic heterocycles. The van der Waals surface area contributed by atoms with Crippen LogP contribution in [0.2, 0.25) is 0 Å². The maximum Gasteiger partial charge on any atom is 0.227 e. The second-order valence-electron chi connectivity index (χ2n) is 12.5. The van der Waals surface area contributed by atoms with E-state index < -0.39 is 6.17 Å². The number of nitrogens with zero attached hydrogens (tertiary/aromatic N) is 3. The Hall–Kier alpha value is -6.59. The number of fused-ring (bicyclic) bond motifs is 6. The molecule has 49 heavy (non-hydrogen) atoms. The number of hydrogen-bond donors (Lipinski definition) is 1. The highest BCUT2D eigenvalue weighted by Gasteiger charge is 2.24. The van der Waals surface area contributed by atoms with Gasteiger partial charge in [-0.05, 0) is 67.7 Å². The summed E-state index contributed by atoms with van der Waals surface area (Å²) >= 11 is 0. The number of aromatic nitrogens is 1. The summed E-state index contributed by atoms with van der Waals surface area (Å²) in [6, 6.07) is 52.9. The lowest BCUT2D eigenvalue weighted by Crippen LogP contribution is -2.36. The summed E-state index contributed by atoms with van der Waals surface area (Å²) in [5.41, 5.74) is 6.75. The van der Waals surface area contributed by atoms with Crippen molar-refractivity contribution in [1.29, 1.82) is 0 Å². The summed E-state index contributed by atoms with van der Waals surface area (Å²) in [4.78, 5) is 15.1. The lowest BCUT2D eigenvalue weighted by molar-refractivity contribution is 0.654. The third-order valence-corrected chi connectivity index (χ3v) is 9.58. The van der Waals surface area contributed by atoms with Crippen LogP contribution in [0.25, 0.3) is 65.5 Å². The summed E-state index contributed by atoms with van der Waals surface area (Å²) in [5.74, 6) is 1.59. The first kappa shape index (κ1) is 27.5. The number of amidine groups is 2. The highest BCUT2D eigenvalue weighted by Crippen LogP contribution is 2.41. The van der Waals surface area contributed by atoms with Crippen LogP contribution in [0.5, 0.6) is 0 Å². The average molecular weight is 629 g/mol. The van der Waals surface area contributed by atoms with E-state index >= 15 is 0 Å². The molecule has 5 heteroatoms. The van der Waals surface area contributed by atoms with Crippen molar-refractivity contribution in [3.8, 4) is 11.1 Å². The molecule has 10 rings (SSSR count). The third-order valence-electron chi connectivity index (χ3n) is 9.58. The second kappa shape index (κ2) is 11.0. The van der Waals surface area contributed by atoms with Gasteiger partial charge in [-0.15, -0.1) is 0 Å². The number of aliphatic imine (C=N–C) groups is 2. The molecule has 0 amide bonds. The first-order valence-corrected chi connectivity index (χ1v) is 16.5. The van der Waals surface area contributed by atoms with Crippen LogP contribution in [0.3, 0.4) is 0 Å². The molecule has 1 atom stereocenters. The molecule has 9 aromatic rings. The molecule has 0 aliphatic carbocycles. The van der Waals surface area contributed by atoms with Gasteiger partial charge in [0.2, 0.25) is 5.71 Å². The summed E-state index contributed by atoms with van der Waals surface area (Å²) in [5, 5.41) is 12.6. The van der Waals surface area contributed by atoms with E-state index in [0.29, 0.717) is 5.71 Å². The molecule has 2 aromatic heterocycles. The second-order valence-corrected chi connectivity index (χ2v) is 12.5. The maximum atomic E-state index is 6.33. The molecular weight excluding hydrogens is 601 g/mol. The van der Waals surface area contributed by atoms with Gasteiger partial charge in [-0.2, -0.15) is 0 Å². The molecule has 0 spiro atoms. The van der Waals surface area contributed by atoms with Crippen molar-refractivity contribution in [2.24, 2.45) is 9.98 Å². The maximum absolute atomic E-state index is 6.33. The van der Waals surface area contributed by atoms with Crippen LogP contribution < -0.4 is 5.32 Å². The Morgan fingerprint density at radius 3 is 1.98 bits per heavy atom. The topological polar surface area (TPSA) is 62.8 Å². The van der Waals surface area contributed by atoms with E-state index in [1.807, 2.05) is 24.4 Å². The number of nitrogens with one attached hydrogen (secondary N) is 1. The Morgan fingerprint density at radius 1 is 0.490 bits per heavy atom. The lowest BCUT2D eigenvalue weighted by atomic mass is 9.92. The zero-order valence-electron chi connectivity index (χ0n) is 26.3. The van der Waals surface area contributed by atoms with Crippen LogP contribution >= 0.6 is 0 Å². The fourth-order valence-electron chi connectivity index (χ4n) is 7.21. The standard InChI is InChI=1S/C44H28N4O/c1-2-11-28(12-3-1)41-46-42(32-19-18-27-10-4-5-13-29(27)24-32)48-43(47-41)37-21-20-35(33-16-8-9-17-34(33)37)36-22-23-45-44-40(36)38-25-30-14-6-7-15-31(30)26-39(38)49-44/h1-26,43H,(H,46,47,48). The number of rotatable bonds is 4. The minimum absolute atomic E-state index is 0.449. The van der Waals surface area contributed by atoms with Crippen LogP contribution in [0, 0.1) is 0 Å². The molecule has 0 bridgehead atoms. The van der Waals surface area contributed by atoms with Gasteiger partial charge in [-0.3, -0.25) is 0 Å². The van der Waals surface area contributed by atoms with E-state index in [2.05, 4.69) is 144 Å². The van der Waals surface area contributed by atoms with Crippen LogP contribution in [0.4, 0.5) is 0 Å². The van der Waals surface area contributed by atoms with Crippen molar-refractivity contribution in [3.05, 3.63) is 175 Å². The monoisotopic (exact) mass is 628 g/mol. The van der Waals surface area contributed by atoms with E-state index in [4.69, 9.17) is 14.4 Å². The van der Waals surface area contributed by atoms with Gasteiger partial charge in [-0.25, -0.2) is 15.0 Å². The highest BCUT2D eigenvalue weighted by atomic mass is 16.3. The SMILES string of the molecule is c1ccc(C2=NC(c3ccc(-c4ccnc5oc6cc7ccccc7cc6c45)c4ccccc34)N=C(c3ccc4ccccc4c3)N2)cc1. The first-order chi connectivity index (χ1) is 24.3. The number of pyridine rings is 1. The molecule has 1 unspecified atom stereocenters. The summed E-state index contributed by atoms with van der Waals surface area (Å²) in [7, 11) is 0. The molecule has 0 saturated heterocycles. The Morgan fingerprint density at radius 2 is 1.16 bits per heavy atom. The van der Waals surface area contributed by atoms with Crippen molar-refractivity contribution in [1.82, 2.24) is 10.3 Å².